The highest BCUT2D eigenvalue weighted by atomic mass is 35.5. The molecule has 1 amide bonds. The van der Waals surface area contributed by atoms with Crippen LogP contribution in [0.25, 0.3) is 0 Å². The Labute approximate surface area is 169 Å². The topological polar surface area (TPSA) is 58.8 Å². The third-order valence-corrected chi connectivity index (χ3v) is 4.85. The van der Waals surface area contributed by atoms with Crippen LogP contribution < -0.4 is 15.4 Å². The number of carbonyl (C=O) groups excluding carboxylic acids is 1. The second kappa shape index (κ2) is 8.71. The van der Waals surface area contributed by atoms with Gasteiger partial charge in [-0.05, 0) is 24.3 Å². The number of methoxy groups -OCH3 is 1. The van der Waals surface area contributed by atoms with Crippen LogP contribution in [0.15, 0.2) is 36.4 Å². The summed E-state index contributed by atoms with van der Waals surface area (Å²) < 4.78 is 5.29. The smallest absolute Gasteiger partial charge is 0.257 e. The Balaban J connectivity index is 0.00000243. The summed E-state index contributed by atoms with van der Waals surface area (Å²) >= 11 is 12.1. The Bertz CT molecular complexity index is 793. The number of anilines is 2. The number of carbonyl (C=O) groups is 1. The summed E-state index contributed by atoms with van der Waals surface area (Å²) in [7, 11) is 1.51. The molecule has 0 aromatic heterocycles. The molecule has 0 atom stereocenters. The molecule has 1 aliphatic rings. The summed E-state index contributed by atoms with van der Waals surface area (Å²) in [5, 5.41) is 1.05. The van der Waals surface area contributed by atoms with Crippen molar-refractivity contribution >= 4 is 52.9 Å². The summed E-state index contributed by atoms with van der Waals surface area (Å²) in [6.07, 6.45) is 0. The van der Waals surface area contributed by atoms with Crippen LogP contribution in [0.3, 0.4) is 0 Å². The summed E-state index contributed by atoms with van der Waals surface area (Å²) in [6, 6.07) is 10.9. The minimum Gasteiger partial charge on any atom is -0.496 e. The van der Waals surface area contributed by atoms with Gasteiger partial charge in [0.2, 0.25) is 0 Å². The van der Waals surface area contributed by atoms with Gasteiger partial charge in [0.1, 0.15) is 5.75 Å². The van der Waals surface area contributed by atoms with E-state index < -0.39 is 0 Å². The summed E-state index contributed by atoms with van der Waals surface area (Å²) in [4.78, 5) is 16.9. The molecule has 1 saturated heterocycles. The van der Waals surface area contributed by atoms with E-state index in [0.29, 0.717) is 40.1 Å². The number of ether oxygens (including phenoxy) is 1. The van der Waals surface area contributed by atoms with Crippen molar-refractivity contribution in [2.24, 2.45) is 0 Å². The Morgan fingerprint density at radius 1 is 1.12 bits per heavy atom. The maximum atomic E-state index is 12.8. The highest BCUT2D eigenvalue weighted by Crippen LogP contribution is 2.30. The molecular formula is C18H20Cl3N3O2. The van der Waals surface area contributed by atoms with Crippen LogP contribution in [0.5, 0.6) is 5.75 Å². The molecule has 0 bridgehead atoms. The van der Waals surface area contributed by atoms with Gasteiger partial charge < -0.3 is 20.3 Å². The number of nitrogens with two attached hydrogens (primary N) is 1. The maximum Gasteiger partial charge on any atom is 0.257 e. The van der Waals surface area contributed by atoms with Crippen molar-refractivity contribution in [1.29, 1.82) is 0 Å². The van der Waals surface area contributed by atoms with E-state index in [-0.39, 0.29) is 18.3 Å². The van der Waals surface area contributed by atoms with Crippen molar-refractivity contribution in [2.75, 3.05) is 43.9 Å². The van der Waals surface area contributed by atoms with E-state index in [9.17, 15) is 4.79 Å². The Morgan fingerprint density at radius 3 is 2.42 bits per heavy atom. The lowest BCUT2D eigenvalue weighted by atomic mass is 10.1. The molecule has 26 heavy (non-hydrogen) atoms. The zero-order valence-corrected chi connectivity index (χ0v) is 16.6. The number of benzene rings is 2. The number of nitrogen functional groups attached to an aromatic ring is 1. The van der Waals surface area contributed by atoms with E-state index in [1.54, 1.807) is 17.0 Å². The van der Waals surface area contributed by atoms with Crippen LogP contribution in [-0.4, -0.2) is 44.1 Å². The van der Waals surface area contributed by atoms with Crippen LogP contribution in [0.2, 0.25) is 10.0 Å². The second-order valence-electron chi connectivity index (χ2n) is 5.83. The fourth-order valence-corrected chi connectivity index (χ4v) is 3.26. The first-order valence-corrected chi connectivity index (χ1v) is 8.68. The molecule has 3 rings (SSSR count). The normalized spacial score (nSPS) is 14.0. The molecule has 0 radical (unpaired) electrons. The van der Waals surface area contributed by atoms with Crippen molar-refractivity contribution in [3.8, 4) is 5.75 Å². The van der Waals surface area contributed by atoms with Gasteiger partial charge in [-0.1, -0.05) is 29.3 Å². The molecule has 1 heterocycles. The van der Waals surface area contributed by atoms with Gasteiger partial charge in [0.15, 0.2) is 0 Å². The number of amides is 1. The second-order valence-corrected chi connectivity index (χ2v) is 6.68. The number of piperazine rings is 1. The van der Waals surface area contributed by atoms with Gasteiger partial charge in [-0.3, -0.25) is 4.79 Å². The predicted octanol–water partition coefficient (Wildman–Crippen LogP) is 3.97. The lowest BCUT2D eigenvalue weighted by molar-refractivity contribution is 0.0743. The molecule has 0 unspecified atom stereocenters. The monoisotopic (exact) mass is 415 g/mol. The van der Waals surface area contributed by atoms with Crippen LogP contribution >= 0.6 is 35.6 Å². The Morgan fingerprint density at radius 2 is 1.81 bits per heavy atom. The van der Waals surface area contributed by atoms with Crippen LogP contribution in [0.1, 0.15) is 10.4 Å². The SMILES string of the molecule is COc1cc(N)c(Cl)cc1C(=O)N1CCN(c2cccc(Cl)c2)CC1.Cl. The fraction of sp³-hybridized carbons (Fsp3) is 0.278. The summed E-state index contributed by atoms with van der Waals surface area (Å²) in [5.74, 6) is 0.327. The van der Waals surface area contributed by atoms with Crippen LogP contribution in [0.4, 0.5) is 11.4 Å². The van der Waals surface area contributed by atoms with Crippen LogP contribution in [0, 0.1) is 0 Å². The van der Waals surface area contributed by atoms with E-state index in [4.69, 9.17) is 33.7 Å². The number of halogens is 3. The van der Waals surface area contributed by atoms with E-state index >= 15 is 0 Å². The number of hydrogen-bond acceptors (Lipinski definition) is 4. The molecule has 0 aliphatic carbocycles. The lowest BCUT2D eigenvalue weighted by Crippen LogP contribution is -2.48. The predicted molar refractivity (Wildman–Crippen MR) is 109 cm³/mol. The molecule has 5 nitrogen and oxygen atoms in total. The van der Waals surface area contributed by atoms with Crippen molar-refractivity contribution < 1.29 is 9.53 Å². The molecule has 2 N–H and O–H groups in total. The zero-order chi connectivity index (χ0) is 18.0. The first-order chi connectivity index (χ1) is 12.0. The van der Waals surface area contributed by atoms with Crippen LogP contribution in [-0.2, 0) is 0 Å². The van der Waals surface area contributed by atoms with E-state index in [2.05, 4.69) is 4.90 Å². The molecule has 2 aromatic carbocycles. The molecule has 2 aromatic rings. The van der Waals surface area contributed by atoms with Crippen molar-refractivity contribution in [2.45, 2.75) is 0 Å². The minimum absolute atomic E-state index is 0. The van der Waals surface area contributed by atoms with Gasteiger partial charge in [-0.25, -0.2) is 0 Å². The van der Waals surface area contributed by atoms with Gasteiger partial charge in [0.25, 0.3) is 5.91 Å². The third kappa shape index (κ3) is 4.29. The molecule has 1 aliphatic heterocycles. The molecule has 140 valence electrons. The van der Waals surface area contributed by atoms with E-state index in [1.165, 1.54) is 7.11 Å². The van der Waals surface area contributed by atoms with Gasteiger partial charge in [0.05, 0.1) is 23.4 Å². The molecule has 8 heteroatoms. The van der Waals surface area contributed by atoms with E-state index in [1.807, 2.05) is 24.3 Å². The minimum atomic E-state index is -0.107. The highest BCUT2D eigenvalue weighted by Gasteiger charge is 2.25. The van der Waals surface area contributed by atoms with Gasteiger partial charge in [-0.15, -0.1) is 12.4 Å². The quantitative estimate of drug-likeness (QED) is 0.769. The Hall–Kier alpha value is -1.82. The first kappa shape index (κ1) is 20.5. The average molecular weight is 417 g/mol. The number of rotatable bonds is 3. The van der Waals surface area contributed by atoms with Gasteiger partial charge in [-0.2, -0.15) is 0 Å². The summed E-state index contributed by atoms with van der Waals surface area (Å²) in [6.45, 7) is 2.68. The molecule has 0 spiro atoms. The fourth-order valence-electron chi connectivity index (χ4n) is 2.92. The maximum absolute atomic E-state index is 12.8. The molecular weight excluding hydrogens is 397 g/mol. The standard InChI is InChI=1S/C18H19Cl2N3O2.ClH/c1-25-17-11-16(21)15(20)10-14(17)18(24)23-7-5-22(6-8-23)13-4-2-3-12(19)9-13;/h2-4,9-11H,5-8,21H2,1H3;1H. The van der Waals surface area contributed by atoms with Crippen molar-refractivity contribution in [3.63, 3.8) is 0 Å². The molecule has 1 fully saturated rings. The average Bonchev–Trinajstić information content (AvgIpc) is 2.63. The third-order valence-electron chi connectivity index (χ3n) is 4.29. The highest BCUT2D eigenvalue weighted by molar-refractivity contribution is 6.33. The lowest BCUT2D eigenvalue weighted by Gasteiger charge is -2.36. The van der Waals surface area contributed by atoms with Gasteiger partial charge >= 0.3 is 0 Å². The first-order valence-electron chi connectivity index (χ1n) is 7.92. The zero-order valence-electron chi connectivity index (χ0n) is 14.2. The summed E-state index contributed by atoms with van der Waals surface area (Å²) in [5.41, 5.74) is 7.67. The molecule has 0 saturated carbocycles. The van der Waals surface area contributed by atoms with Crippen molar-refractivity contribution in [1.82, 2.24) is 4.90 Å². The largest absolute Gasteiger partial charge is 0.496 e. The number of hydrogen-bond donors (Lipinski definition) is 1. The Kier molecular flexibility index (Phi) is 6.87. The number of nitrogens with zero attached hydrogens (tertiary/aromatic N) is 2. The van der Waals surface area contributed by atoms with Crippen molar-refractivity contribution in [3.05, 3.63) is 52.0 Å². The van der Waals surface area contributed by atoms with Gasteiger partial charge in [0, 0.05) is 43.0 Å². The van der Waals surface area contributed by atoms with E-state index in [0.717, 1.165) is 18.8 Å².